The van der Waals surface area contributed by atoms with E-state index in [1.165, 1.54) is 0 Å². The lowest BCUT2D eigenvalue weighted by atomic mass is 10.0. The predicted molar refractivity (Wildman–Crippen MR) is 50.2 cm³/mol. The second-order valence-electron chi connectivity index (χ2n) is 3.34. The summed E-state index contributed by atoms with van der Waals surface area (Å²) in [6, 6.07) is 7.19. The normalized spacial score (nSPS) is 16.1. The van der Waals surface area contributed by atoms with Gasteiger partial charge in [-0.05, 0) is 12.0 Å². The van der Waals surface area contributed by atoms with Crippen molar-refractivity contribution < 1.29 is 18.3 Å². The number of hydrogen-bond donors (Lipinski definition) is 2. The second kappa shape index (κ2) is 4.63. The lowest BCUT2D eigenvalue weighted by Crippen LogP contribution is -2.46. The fraction of sp³-hybridized carbons (Fsp3) is 0.400. The third-order valence-electron chi connectivity index (χ3n) is 2.06. The Hall–Kier alpha value is -1.07. The predicted octanol–water partition coefficient (Wildman–Crippen LogP) is 1.48. The van der Waals surface area contributed by atoms with Crippen molar-refractivity contribution in [2.24, 2.45) is 5.73 Å². The van der Waals surface area contributed by atoms with E-state index < -0.39 is 18.3 Å². The maximum Gasteiger partial charge on any atom is 0.415 e. The number of nitrogens with two attached hydrogens (primary N) is 1. The standard InChI is InChI=1S/C10H12F3NO/c11-10(12,13)9(15)8(14)6-7-4-2-1-3-5-7/h1-5,8-9,15H,6,14H2. The summed E-state index contributed by atoms with van der Waals surface area (Å²) in [5.74, 6) is 0. The van der Waals surface area contributed by atoms with E-state index in [4.69, 9.17) is 10.8 Å². The first-order chi connectivity index (χ1) is 6.91. The number of benzene rings is 1. The molecule has 0 aromatic heterocycles. The van der Waals surface area contributed by atoms with Crippen molar-refractivity contribution in [1.82, 2.24) is 0 Å². The van der Waals surface area contributed by atoms with Crippen LogP contribution in [0.15, 0.2) is 30.3 Å². The number of rotatable bonds is 3. The molecule has 0 fully saturated rings. The molecule has 84 valence electrons. The Balaban J connectivity index is 2.60. The van der Waals surface area contributed by atoms with E-state index in [0.29, 0.717) is 5.56 Å². The number of hydrogen-bond acceptors (Lipinski definition) is 2. The van der Waals surface area contributed by atoms with Crippen molar-refractivity contribution in [3.05, 3.63) is 35.9 Å². The van der Waals surface area contributed by atoms with E-state index in [1.807, 2.05) is 0 Å². The topological polar surface area (TPSA) is 46.2 Å². The minimum atomic E-state index is -4.66. The van der Waals surface area contributed by atoms with Crippen molar-refractivity contribution in [3.8, 4) is 0 Å². The van der Waals surface area contributed by atoms with Gasteiger partial charge in [-0.2, -0.15) is 13.2 Å². The average molecular weight is 219 g/mol. The van der Waals surface area contributed by atoms with Crippen molar-refractivity contribution in [2.45, 2.75) is 24.7 Å². The molecule has 15 heavy (non-hydrogen) atoms. The van der Waals surface area contributed by atoms with E-state index in [9.17, 15) is 13.2 Å². The van der Waals surface area contributed by atoms with Gasteiger partial charge in [0.15, 0.2) is 6.10 Å². The molecule has 5 heteroatoms. The van der Waals surface area contributed by atoms with E-state index in [0.717, 1.165) is 0 Å². The molecule has 0 aliphatic heterocycles. The van der Waals surface area contributed by atoms with Crippen LogP contribution in [0, 0.1) is 0 Å². The average Bonchev–Trinajstić information content (AvgIpc) is 2.16. The van der Waals surface area contributed by atoms with Crippen molar-refractivity contribution >= 4 is 0 Å². The maximum atomic E-state index is 12.1. The van der Waals surface area contributed by atoms with Gasteiger partial charge in [-0.25, -0.2) is 0 Å². The highest BCUT2D eigenvalue weighted by Gasteiger charge is 2.41. The van der Waals surface area contributed by atoms with Crippen molar-refractivity contribution in [3.63, 3.8) is 0 Å². The number of halogens is 3. The molecule has 0 aliphatic carbocycles. The Morgan fingerprint density at radius 2 is 1.73 bits per heavy atom. The van der Waals surface area contributed by atoms with Gasteiger partial charge in [0.1, 0.15) is 0 Å². The summed E-state index contributed by atoms with van der Waals surface area (Å²) in [5.41, 5.74) is 5.94. The van der Waals surface area contributed by atoms with Crippen LogP contribution in [0.4, 0.5) is 13.2 Å². The van der Waals surface area contributed by atoms with Gasteiger partial charge in [0.05, 0.1) is 0 Å². The first kappa shape index (κ1) is 12.0. The summed E-state index contributed by atoms with van der Waals surface area (Å²) >= 11 is 0. The van der Waals surface area contributed by atoms with Gasteiger partial charge in [-0.15, -0.1) is 0 Å². The molecule has 0 saturated carbocycles. The summed E-state index contributed by atoms with van der Waals surface area (Å²) in [5, 5.41) is 8.87. The smallest absolute Gasteiger partial charge is 0.382 e. The number of aliphatic hydroxyl groups is 1. The molecule has 0 amide bonds. The molecule has 1 rings (SSSR count). The quantitative estimate of drug-likeness (QED) is 0.808. The van der Waals surface area contributed by atoms with Crippen LogP contribution in [-0.4, -0.2) is 23.4 Å². The van der Waals surface area contributed by atoms with E-state index in [2.05, 4.69) is 0 Å². The summed E-state index contributed by atoms with van der Waals surface area (Å²) in [6.45, 7) is 0. The Kier molecular flexibility index (Phi) is 3.71. The molecule has 0 spiro atoms. The summed E-state index contributed by atoms with van der Waals surface area (Å²) in [6.07, 6.45) is -7.13. The summed E-state index contributed by atoms with van der Waals surface area (Å²) < 4.78 is 36.2. The summed E-state index contributed by atoms with van der Waals surface area (Å²) in [4.78, 5) is 0. The number of aliphatic hydroxyl groups excluding tert-OH is 1. The zero-order chi connectivity index (χ0) is 11.5. The SMILES string of the molecule is NC(Cc1ccccc1)C(O)C(F)(F)F. The Morgan fingerprint density at radius 3 is 2.20 bits per heavy atom. The Labute approximate surface area is 85.5 Å². The third kappa shape index (κ3) is 3.53. The Morgan fingerprint density at radius 1 is 1.20 bits per heavy atom. The summed E-state index contributed by atoms with van der Waals surface area (Å²) in [7, 11) is 0. The van der Waals surface area contributed by atoms with Gasteiger partial charge in [-0.1, -0.05) is 30.3 Å². The largest absolute Gasteiger partial charge is 0.415 e. The van der Waals surface area contributed by atoms with Crippen LogP contribution in [0.2, 0.25) is 0 Å². The highest BCUT2D eigenvalue weighted by molar-refractivity contribution is 5.16. The third-order valence-corrected chi connectivity index (χ3v) is 2.06. The van der Waals surface area contributed by atoms with E-state index in [1.54, 1.807) is 30.3 Å². The molecule has 3 N–H and O–H groups in total. The van der Waals surface area contributed by atoms with Gasteiger partial charge in [-0.3, -0.25) is 0 Å². The van der Waals surface area contributed by atoms with Gasteiger partial charge in [0, 0.05) is 6.04 Å². The first-order valence-electron chi connectivity index (χ1n) is 4.45. The fourth-order valence-corrected chi connectivity index (χ4v) is 1.24. The monoisotopic (exact) mass is 219 g/mol. The molecule has 2 nitrogen and oxygen atoms in total. The van der Waals surface area contributed by atoms with E-state index >= 15 is 0 Å². The molecule has 1 aromatic rings. The first-order valence-corrected chi connectivity index (χ1v) is 4.45. The maximum absolute atomic E-state index is 12.1. The number of alkyl halides is 3. The molecule has 0 saturated heterocycles. The highest BCUT2D eigenvalue weighted by atomic mass is 19.4. The van der Waals surface area contributed by atoms with Gasteiger partial charge >= 0.3 is 6.18 Å². The van der Waals surface area contributed by atoms with Crippen molar-refractivity contribution in [2.75, 3.05) is 0 Å². The second-order valence-corrected chi connectivity index (χ2v) is 3.34. The molecule has 2 atom stereocenters. The highest BCUT2D eigenvalue weighted by Crippen LogP contribution is 2.22. The molecule has 0 bridgehead atoms. The van der Waals surface area contributed by atoms with Crippen LogP contribution in [-0.2, 0) is 6.42 Å². The molecular formula is C10H12F3NO. The van der Waals surface area contributed by atoms with Gasteiger partial charge in [0.2, 0.25) is 0 Å². The molecule has 0 heterocycles. The molecule has 1 aromatic carbocycles. The molecular weight excluding hydrogens is 207 g/mol. The molecule has 0 radical (unpaired) electrons. The van der Waals surface area contributed by atoms with Gasteiger partial charge in [0.25, 0.3) is 0 Å². The van der Waals surface area contributed by atoms with Crippen LogP contribution in [0.25, 0.3) is 0 Å². The molecule has 0 aliphatic rings. The van der Waals surface area contributed by atoms with Crippen molar-refractivity contribution in [1.29, 1.82) is 0 Å². The Bertz CT molecular complexity index is 299. The lowest BCUT2D eigenvalue weighted by Gasteiger charge is -2.21. The zero-order valence-corrected chi connectivity index (χ0v) is 7.91. The van der Waals surface area contributed by atoms with Crippen LogP contribution in [0.3, 0.4) is 0 Å². The van der Waals surface area contributed by atoms with Crippen LogP contribution >= 0.6 is 0 Å². The van der Waals surface area contributed by atoms with E-state index in [-0.39, 0.29) is 6.42 Å². The minimum absolute atomic E-state index is 0.00150. The van der Waals surface area contributed by atoms with Crippen LogP contribution < -0.4 is 5.73 Å². The van der Waals surface area contributed by atoms with Crippen LogP contribution in [0.5, 0.6) is 0 Å². The molecule has 2 unspecified atom stereocenters. The fourth-order valence-electron chi connectivity index (χ4n) is 1.24. The van der Waals surface area contributed by atoms with Gasteiger partial charge < -0.3 is 10.8 Å². The zero-order valence-electron chi connectivity index (χ0n) is 7.91. The minimum Gasteiger partial charge on any atom is -0.382 e. The lowest BCUT2D eigenvalue weighted by molar-refractivity contribution is -0.209. The van der Waals surface area contributed by atoms with Crippen LogP contribution in [0.1, 0.15) is 5.56 Å².